The molecule has 2 heterocycles. The zero-order valence-electron chi connectivity index (χ0n) is 14.7. The molecule has 1 aromatic carbocycles. The van der Waals surface area contributed by atoms with Crippen LogP contribution >= 0.6 is 0 Å². The molecule has 0 bridgehead atoms. The van der Waals surface area contributed by atoms with Crippen LogP contribution in [0.15, 0.2) is 46.7 Å². The summed E-state index contributed by atoms with van der Waals surface area (Å²) in [5.74, 6) is -1.21. The van der Waals surface area contributed by atoms with Crippen molar-refractivity contribution in [2.45, 2.75) is 12.8 Å². The van der Waals surface area contributed by atoms with Gasteiger partial charge in [-0.15, -0.1) is 0 Å². The normalized spacial score (nSPS) is 12.5. The van der Waals surface area contributed by atoms with Crippen LogP contribution in [0, 0.1) is 0 Å². The first kappa shape index (κ1) is 19.0. The minimum atomic E-state index is -1.20. The van der Waals surface area contributed by atoms with Crippen molar-refractivity contribution in [3.8, 4) is 11.5 Å². The molecular formula is C19H17N2O7-. The monoisotopic (exact) mass is 385 g/mol. The molecule has 9 nitrogen and oxygen atoms in total. The molecule has 2 aromatic rings. The van der Waals surface area contributed by atoms with Crippen molar-refractivity contribution < 1.29 is 33.4 Å². The lowest BCUT2D eigenvalue weighted by molar-refractivity contribution is -0.305. The Labute approximate surface area is 159 Å². The lowest BCUT2D eigenvalue weighted by Gasteiger charge is -2.11. The summed E-state index contributed by atoms with van der Waals surface area (Å²) in [5, 5.41) is 15.5. The highest BCUT2D eigenvalue weighted by Crippen LogP contribution is 2.33. The Morgan fingerprint density at radius 3 is 2.71 bits per heavy atom. The van der Waals surface area contributed by atoms with Gasteiger partial charge >= 0.3 is 0 Å². The number of carbonyl (C=O) groups is 3. The third-order valence-electron chi connectivity index (χ3n) is 3.79. The molecule has 0 fully saturated rings. The number of hydrogen-bond donors (Lipinski definition) is 2. The molecule has 2 amide bonds. The number of amides is 2. The molecule has 1 aliphatic heterocycles. The maximum Gasteiger partial charge on any atom is 0.291 e. The summed E-state index contributed by atoms with van der Waals surface area (Å²) < 4.78 is 15.6. The van der Waals surface area contributed by atoms with Gasteiger partial charge in [0, 0.05) is 12.5 Å². The van der Waals surface area contributed by atoms with E-state index in [2.05, 4.69) is 10.6 Å². The summed E-state index contributed by atoms with van der Waals surface area (Å²) >= 11 is 0. The van der Waals surface area contributed by atoms with Crippen LogP contribution < -0.4 is 25.2 Å². The molecule has 9 heteroatoms. The number of hydrogen-bond acceptors (Lipinski definition) is 7. The van der Waals surface area contributed by atoms with Crippen LogP contribution in [-0.4, -0.2) is 31.1 Å². The van der Waals surface area contributed by atoms with E-state index in [-0.39, 0.29) is 37.6 Å². The fourth-order valence-electron chi connectivity index (χ4n) is 2.45. The second-order valence-corrected chi connectivity index (χ2v) is 5.83. The van der Waals surface area contributed by atoms with E-state index in [0.29, 0.717) is 17.1 Å². The minimum Gasteiger partial charge on any atom is -0.550 e. The predicted molar refractivity (Wildman–Crippen MR) is 94.0 cm³/mol. The van der Waals surface area contributed by atoms with Crippen molar-refractivity contribution in [2.75, 3.05) is 13.3 Å². The Morgan fingerprint density at radius 1 is 1.14 bits per heavy atom. The van der Waals surface area contributed by atoms with E-state index in [4.69, 9.17) is 13.9 Å². The van der Waals surface area contributed by atoms with Crippen molar-refractivity contribution >= 4 is 23.9 Å². The second-order valence-electron chi connectivity index (χ2n) is 5.83. The lowest BCUT2D eigenvalue weighted by Crippen LogP contribution is -2.35. The first-order chi connectivity index (χ1) is 13.5. The van der Waals surface area contributed by atoms with Gasteiger partial charge < -0.3 is 34.4 Å². The molecule has 2 N–H and O–H groups in total. The quantitative estimate of drug-likeness (QED) is 0.498. The van der Waals surface area contributed by atoms with Crippen molar-refractivity contribution in [1.29, 1.82) is 0 Å². The van der Waals surface area contributed by atoms with Gasteiger partial charge in [0.25, 0.3) is 11.8 Å². The Balaban J connectivity index is 1.76. The number of carboxylic acids is 1. The third-order valence-corrected chi connectivity index (χ3v) is 3.79. The molecule has 0 radical (unpaired) electrons. The van der Waals surface area contributed by atoms with Crippen LogP contribution in [0.25, 0.3) is 6.08 Å². The minimum absolute atomic E-state index is 0.0336. The van der Waals surface area contributed by atoms with E-state index in [9.17, 15) is 19.5 Å². The summed E-state index contributed by atoms with van der Waals surface area (Å²) in [4.78, 5) is 35.2. The smallest absolute Gasteiger partial charge is 0.291 e. The molecule has 0 spiro atoms. The Bertz CT molecular complexity index is 903. The van der Waals surface area contributed by atoms with Gasteiger partial charge in [0.2, 0.25) is 6.79 Å². The fourth-order valence-corrected chi connectivity index (χ4v) is 2.45. The maximum atomic E-state index is 12.5. The van der Waals surface area contributed by atoms with E-state index in [0.717, 1.165) is 0 Å². The Morgan fingerprint density at radius 2 is 1.96 bits per heavy atom. The van der Waals surface area contributed by atoms with Crippen LogP contribution in [0.2, 0.25) is 0 Å². The number of nitrogens with one attached hydrogen (secondary N) is 2. The summed E-state index contributed by atoms with van der Waals surface area (Å²) in [6.07, 6.45) is 2.84. The summed E-state index contributed by atoms with van der Waals surface area (Å²) in [6.45, 7) is 0.228. The average molecular weight is 385 g/mol. The first-order valence-corrected chi connectivity index (χ1v) is 8.47. The molecule has 28 heavy (non-hydrogen) atoms. The molecule has 3 rings (SSSR count). The molecule has 0 aliphatic carbocycles. The van der Waals surface area contributed by atoms with Crippen LogP contribution in [-0.2, 0) is 9.59 Å². The van der Waals surface area contributed by atoms with Crippen molar-refractivity contribution in [3.05, 3.63) is 53.6 Å². The Hall–Kier alpha value is -3.75. The molecule has 1 aliphatic rings. The zero-order chi connectivity index (χ0) is 19.9. The van der Waals surface area contributed by atoms with Crippen LogP contribution in [0.5, 0.6) is 11.5 Å². The summed E-state index contributed by atoms with van der Waals surface area (Å²) in [5.41, 5.74) is 0.567. The number of aliphatic carboxylic acids is 1. The molecular weight excluding hydrogens is 368 g/mol. The molecule has 0 saturated heterocycles. The van der Waals surface area contributed by atoms with Crippen molar-refractivity contribution in [3.63, 3.8) is 0 Å². The van der Waals surface area contributed by atoms with Gasteiger partial charge in [0.15, 0.2) is 17.3 Å². The first-order valence-electron chi connectivity index (χ1n) is 8.47. The third kappa shape index (κ3) is 4.91. The molecule has 146 valence electrons. The SMILES string of the molecule is O=C([O-])CCCNC(=O)/C(=C\c1ccc2c(c1)OCO2)NC(=O)c1ccco1. The zero-order valence-corrected chi connectivity index (χ0v) is 14.7. The van der Waals surface area contributed by atoms with Gasteiger partial charge in [-0.2, -0.15) is 0 Å². The molecule has 0 saturated carbocycles. The predicted octanol–water partition coefficient (Wildman–Crippen LogP) is 0.426. The van der Waals surface area contributed by atoms with Crippen LogP contribution in [0.4, 0.5) is 0 Å². The van der Waals surface area contributed by atoms with E-state index in [1.807, 2.05) is 0 Å². The molecule has 0 atom stereocenters. The van der Waals surface area contributed by atoms with Crippen molar-refractivity contribution in [1.82, 2.24) is 10.6 Å². The van der Waals surface area contributed by atoms with Gasteiger partial charge in [0.05, 0.1) is 6.26 Å². The number of furan rings is 1. The number of carbonyl (C=O) groups excluding carboxylic acids is 3. The average Bonchev–Trinajstić information content (AvgIpc) is 3.35. The molecule has 0 unspecified atom stereocenters. The van der Waals surface area contributed by atoms with E-state index >= 15 is 0 Å². The highest BCUT2D eigenvalue weighted by atomic mass is 16.7. The van der Waals surface area contributed by atoms with Crippen LogP contribution in [0.3, 0.4) is 0 Å². The second kappa shape index (κ2) is 8.76. The van der Waals surface area contributed by atoms with Gasteiger partial charge in [-0.3, -0.25) is 9.59 Å². The van der Waals surface area contributed by atoms with Crippen LogP contribution in [0.1, 0.15) is 29.0 Å². The highest BCUT2D eigenvalue weighted by molar-refractivity contribution is 6.04. The van der Waals surface area contributed by atoms with Gasteiger partial charge in [-0.05, 0) is 48.7 Å². The summed E-state index contributed by atoms with van der Waals surface area (Å²) in [7, 11) is 0. The number of rotatable bonds is 8. The van der Waals surface area contributed by atoms with Gasteiger partial charge in [-0.1, -0.05) is 6.07 Å². The number of fused-ring (bicyclic) bond motifs is 1. The topological polar surface area (TPSA) is 130 Å². The maximum absolute atomic E-state index is 12.5. The number of carboxylic acid groups (broad SMARTS) is 1. The summed E-state index contributed by atoms with van der Waals surface area (Å²) in [6, 6.07) is 8.08. The number of benzene rings is 1. The number of ether oxygens (including phenoxy) is 2. The van der Waals surface area contributed by atoms with Gasteiger partial charge in [0.1, 0.15) is 5.70 Å². The highest BCUT2D eigenvalue weighted by Gasteiger charge is 2.17. The fraction of sp³-hybridized carbons (Fsp3) is 0.211. The standard InChI is InChI=1S/C19H18N2O7/c22-17(23)4-1-7-20-18(24)13(21-19(25)15-3-2-8-26-15)9-12-5-6-14-16(10-12)28-11-27-14/h2-3,5-6,8-10H,1,4,7,11H2,(H,20,24)(H,21,25)(H,22,23)/p-1/b13-9+. The van der Waals surface area contributed by atoms with E-state index < -0.39 is 17.8 Å². The van der Waals surface area contributed by atoms with Crippen molar-refractivity contribution in [2.24, 2.45) is 0 Å². The largest absolute Gasteiger partial charge is 0.550 e. The molecule has 1 aromatic heterocycles. The van der Waals surface area contributed by atoms with E-state index in [1.54, 1.807) is 24.3 Å². The van der Waals surface area contributed by atoms with Gasteiger partial charge in [-0.25, -0.2) is 0 Å². The Kier molecular flexibility index (Phi) is 5.95. The lowest BCUT2D eigenvalue weighted by atomic mass is 10.1. The van der Waals surface area contributed by atoms with E-state index in [1.165, 1.54) is 18.4 Å².